The SMILES string of the molecule is CC.Cc1cc(Nc2cc3c(cn2)SC(c2cnn4c2CN(S(C)(=O)=O)CC4)N3)nc(N2CCN(C)CC2)n1. The molecule has 0 radical (unpaired) electrons. The third-order valence-electron chi connectivity index (χ3n) is 6.90. The zero-order chi connectivity index (χ0) is 27.7. The molecule has 39 heavy (non-hydrogen) atoms. The number of aromatic nitrogens is 5. The molecule has 0 aromatic carbocycles. The summed E-state index contributed by atoms with van der Waals surface area (Å²) in [6.45, 7) is 11.1. The molecule has 2 N–H and O–H groups in total. The first kappa shape index (κ1) is 27.6. The van der Waals surface area contributed by atoms with Crippen LogP contribution in [0.15, 0.2) is 29.4 Å². The van der Waals surface area contributed by atoms with Crippen LogP contribution in [0, 0.1) is 6.92 Å². The fourth-order valence-corrected chi connectivity index (χ4v) is 6.69. The fourth-order valence-electron chi connectivity index (χ4n) is 4.80. The Morgan fingerprint density at radius 3 is 2.54 bits per heavy atom. The van der Waals surface area contributed by atoms with Crippen LogP contribution in [0.4, 0.5) is 23.3 Å². The van der Waals surface area contributed by atoms with Crippen LogP contribution in [-0.2, 0) is 23.1 Å². The molecule has 3 aromatic heterocycles. The lowest BCUT2D eigenvalue weighted by Crippen LogP contribution is -2.45. The minimum atomic E-state index is -3.26. The number of likely N-dealkylation sites (N-methyl/N-ethyl adjacent to an activating group) is 1. The van der Waals surface area contributed by atoms with Gasteiger partial charge in [0, 0.05) is 62.3 Å². The third-order valence-corrected chi connectivity index (χ3v) is 9.34. The molecule has 0 aliphatic carbocycles. The van der Waals surface area contributed by atoms with Gasteiger partial charge in [0.05, 0.1) is 41.8 Å². The van der Waals surface area contributed by atoms with Crippen molar-refractivity contribution in [2.45, 2.75) is 44.1 Å². The Hall–Kier alpha value is -2.94. The minimum absolute atomic E-state index is 0.0690. The van der Waals surface area contributed by atoms with Crippen molar-refractivity contribution in [3.05, 3.63) is 41.5 Å². The molecule has 0 amide bonds. The van der Waals surface area contributed by atoms with Crippen LogP contribution < -0.4 is 15.5 Å². The second-order valence-corrected chi connectivity index (χ2v) is 12.8. The molecule has 12 nitrogen and oxygen atoms in total. The van der Waals surface area contributed by atoms with Crippen LogP contribution in [0.25, 0.3) is 0 Å². The molecular formula is C25H36N10O2S2. The highest BCUT2D eigenvalue weighted by atomic mass is 32.2. The van der Waals surface area contributed by atoms with Gasteiger partial charge in [-0.2, -0.15) is 14.4 Å². The molecule has 1 atom stereocenters. The Balaban J connectivity index is 0.00000151. The molecule has 210 valence electrons. The standard InChI is InChI=1S/C23H30N10O2S2.C2H6/c1-15-10-21(29-23(26-15)31-6-4-30(2)5-7-31)28-20-11-17-19(13-24-20)36-22(27-17)16-12-25-33-9-8-32(14-18(16)33)37(3,34)35;1-2/h10-13,22,27H,4-9,14H2,1-3H3,(H,24,26,28,29);1-2H3. The highest BCUT2D eigenvalue weighted by Crippen LogP contribution is 2.48. The summed E-state index contributed by atoms with van der Waals surface area (Å²) in [5, 5.41) is 11.3. The summed E-state index contributed by atoms with van der Waals surface area (Å²) in [7, 11) is -1.13. The lowest BCUT2D eigenvalue weighted by molar-refractivity contribution is 0.311. The van der Waals surface area contributed by atoms with Crippen molar-refractivity contribution < 1.29 is 8.42 Å². The van der Waals surface area contributed by atoms with E-state index < -0.39 is 10.0 Å². The molecule has 14 heteroatoms. The molecular weight excluding hydrogens is 536 g/mol. The predicted molar refractivity (Wildman–Crippen MR) is 155 cm³/mol. The van der Waals surface area contributed by atoms with Crippen LogP contribution in [0.5, 0.6) is 0 Å². The Morgan fingerprint density at radius 1 is 1.03 bits per heavy atom. The number of fused-ring (bicyclic) bond motifs is 2. The molecule has 3 aliphatic heterocycles. The van der Waals surface area contributed by atoms with Crippen molar-refractivity contribution in [1.29, 1.82) is 0 Å². The molecule has 0 bridgehead atoms. The number of nitrogens with zero attached hydrogens (tertiary/aromatic N) is 8. The highest BCUT2D eigenvalue weighted by molar-refractivity contribution is 8.00. The van der Waals surface area contributed by atoms with Crippen molar-refractivity contribution in [3.63, 3.8) is 0 Å². The van der Waals surface area contributed by atoms with Crippen molar-refractivity contribution in [2.75, 3.05) is 61.6 Å². The normalized spacial score (nSPS) is 19.5. The van der Waals surface area contributed by atoms with Crippen LogP contribution in [0.3, 0.4) is 0 Å². The maximum absolute atomic E-state index is 12.1. The van der Waals surface area contributed by atoms with E-state index in [2.05, 4.69) is 42.5 Å². The Morgan fingerprint density at radius 2 is 1.79 bits per heavy atom. The van der Waals surface area contributed by atoms with E-state index in [0.717, 1.165) is 59.7 Å². The summed E-state index contributed by atoms with van der Waals surface area (Å²) in [6.07, 6.45) is 4.95. The summed E-state index contributed by atoms with van der Waals surface area (Å²) in [6, 6.07) is 3.90. The quantitative estimate of drug-likeness (QED) is 0.469. The second kappa shape index (κ2) is 11.3. The van der Waals surface area contributed by atoms with Crippen molar-refractivity contribution in [2.24, 2.45) is 0 Å². The fraction of sp³-hybridized carbons (Fsp3) is 0.520. The average Bonchev–Trinajstić information content (AvgIpc) is 3.52. The number of pyridine rings is 1. The van der Waals surface area contributed by atoms with Gasteiger partial charge in [-0.25, -0.2) is 18.4 Å². The number of sulfonamides is 1. The highest BCUT2D eigenvalue weighted by Gasteiger charge is 2.32. The number of rotatable bonds is 5. The molecule has 3 aromatic rings. The van der Waals surface area contributed by atoms with Crippen LogP contribution in [0.1, 0.15) is 36.2 Å². The first-order chi connectivity index (χ1) is 18.7. The van der Waals surface area contributed by atoms with Crippen molar-refractivity contribution in [3.8, 4) is 0 Å². The van der Waals surface area contributed by atoms with E-state index in [1.54, 1.807) is 11.8 Å². The molecule has 1 fully saturated rings. The number of thioether (sulfide) groups is 1. The van der Waals surface area contributed by atoms with Crippen molar-refractivity contribution in [1.82, 2.24) is 33.9 Å². The van der Waals surface area contributed by atoms with E-state index in [1.165, 1.54) is 10.6 Å². The van der Waals surface area contributed by atoms with Gasteiger partial charge in [-0.05, 0) is 14.0 Å². The van der Waals surface area contributed by atoms with Gasteiger partial charge >= 0.3 is 0 Å². The summed E-state index contributed by atoms with van der Waals surface area (Å²) >= 11 is 1.66. The van der Waals surface area contributed by atoms with Gasteiger partial charge in [0.25, 0.3) is 0 Å². The van der Waals surface area contributed by atoms with Crippen LogP contribution in [-0.4, -0.2) is 88.4 Å². The van der Waals surface area contributed by atoms with Gasteiger partial charge in [-0.15, -0.1) is 0 Å². The van der Waals surface area contributed by atoms with Gasteiger partial charge in [0.2, 0.25) is 16.0 Å². The first-order valence-corrected chi connectivity index (χ1v) is 15.9. The molecule has 6 rings (SSSR count). The predicted octanol–water partition coefficient (Wildman–Crippen LogP) is 2.89. The third kappa shape index (κ3) is 5.98. The van der Waals surface area contributed by atoms with E-state index in [-0.39, 0.29) is 5.37 Å². The number of piperazine rings is 1. The van der Waals surface area contributed by atoms with E-state index in [9.17, 15) is 8.42 Å². The number of nitrogens with one attached hydrogen (secondary N) is 2. The smallest absolute Gasteiger partial charge is 0.227 e. The summed E-state index contributed by atoms with van der Waals surface area (Å²) in [5.74, 6) is 2.14. The van der Waals surface area contributed by atoms with E-state index in [0.29, 0.717) is 31.3 Å². The molecule has 0 spiro atoms. The number of hydrogen-bond acceptors (Lipinski definition) is 11. The largest absolute Gasteiger partial charge is 0.368 e. The first-order valence-electron chi connectivity index (χ1n) is 13.2. The monoisotopic (exact) mass is 572 g/mol. The van der Waals surface area contributed by atoms with E-state index in [4.69, 9.17) is 4.98 Å². The lowest BCUT2D eigenvalue weighted by atomic mass is 10.2. The van der Waals surface area contributed by atoms with Crippen LogP contribution in [0.2, 0.25) is 0 Å². The number of hydrogen-bond donors (Lipinski definition) is 2. The Labute approximate surface area is 234 Å². The maximum Gasteiger partial charge on any atom is 0.227 e. The summed E-state index contributed by atoms with van der Waals surface area (Å²) in [5.41, 5.74) is 3.78. The number of aryl methyl sites for hydroxylation is 1. The van der Waals surface area contributed by atoms with E-state index >= 15 is 0 Å². The topological polar surface area (TPSA) is 124 Å². The van der Waals surface area contributed by atoms with Crippen molar-refractivity contribution >= 4 is 45.1 Å². The number of anilines is 4. The minimum Gasteiger partial charge on any atom is -0.368 e. The van der Waals surface area contributed by atoms with E-state index in [1.807, 2.05) is 50.0 Å². The van der Waals surface area contributed by atoms with Gasteiger partial charge in [0.15, 0.2) is 0 Å². The Bertz CT molecular complexity index is 1440. The molecule has 3 aliphatic rings. The molecule has 0 saturated carbocycles. The van der Waals surface area contributed by atoms with Gasteiger partial charge in [-0.3, -0.25) is 4.68 Å². The van der Waals surface area contributed by atoms with Gasteiger partial charge < -0.3 is 20.4 Å². The molecule has 6 heterocycles. The Kier molecular flexibility index (Phi) is 7.99. The second-order valence-electron chi connectivity index (χ2n) is 9.68. The van der Waals surface area contributed by atoms with Crippen LogP contribution >= 0.6 is 11.8 Å². The lowest BCUT2D eigenvalue weighted by Gasteiger charge is -2.32. The summed E-state index contributed by atoms with van der Waals surface area (Å²) in [4.78, 5) is 19.6. The zero-order valence-corrected chi connectivity index (χ0v) is 24.7. The van der Waals surface area contributed by atoms with Gasteiger partial charge in [-0.1, -0.05) is 25.6 Å². The van der Waals surface area contributed by atoms with Gasteiger partial charge in [0.1, 0.15) is 17.0 Å². The zero-order valence-electron chi connectivity index (χ0n) is 23.0. The average molecular weight is 573 g/mol. The maximum atomic E-state index is 12.1. The summed E-state index contributed by atoms with van der Waals surface area (Å²) < 4.78 is 27.6. The molecule has 1 saturated heterocycles. The molecule has 1 unspecified atom stereocenters.